The summed E-state index contributed by atoms with van der Waals surface area (Å²) in [5.41, 5.74) is 7.32. The van der Waals surface area contributed by atoms with E-state index in [1.807, 2.05) is 6.07 Å². The van der Waals surface area contributed by atoms with Crippen molar-refractivity contribution in [3.8, 4) is 0 Å². The Balaban J connectivity index is 1.59. The molecule has 0 aliphatic heterocycles. The van der Waals surface area contributed by atoms with Crippen LogP contribution < -0.4 is 5.73 Å². The number of hydrogen-bond acceptors (Lipinski definition) is 4. The summed E-state index contributed by atoms with van der Waals surface area (Å²) in [7, 11) is 0. The summed E-state index contributed by atoms with van der Waals surface area (Å²) in [5, 5.41) is 4.10. The van der Waals surface area contributed by atoms with Crippen LogP contribution in [0.25, 0.3) is 0 Å². The first-order chi connectivity index (χ1) is 9.81. The van der Waals surface area contributed by atoms with E-state index in [1.54, 1.807) is 0 Å². The second-order valence-corrected chi connectivity index (χ2v) is 5.66. The molecule has 1 aliphatic rings. The van der Waals surface area contributed by atoms with Crippen LogP contribution in [0.1, 0.15) is 48.9 Å². The smallest absolute Gasteiger partial charge is 0.229 e. The normalized spacial score (nSPS) is 22.9. The molecule has 2 atom stereocenters. The molecule has 2 N–H and O–H groups in total. The van der Waals surface area contributed by atoms with E-state index < -0.39 is 0 Å². The molecule has 1 saturated carbocycles. The standard InChI is InChI=1S/C16H21N3O/c17-14-8-4-7-13(11-14)16-18-15(19-20-16)10-9-12-5-2-1-3-6-12/h1-3,5-6,13-14H,4,7-11,17H2. The monoisotopic (exact) mass is 271 g/mol. The van der Waals surface area contributed by atoms with Crippen molar-refractivity contribution < 1.29 is 4.52 Å². The van der Waals surface area contributed by atoms with E-state index in [4.69, 9.17) is 10.3 Å². The van der Waals surface area contributed by atoms with Gasteiger partial charge in [0.05, 0.1) is 0 Å². The maximum absolute atomic E-state index is 6.01. The first kappa shape index (κ1) is 13.3. The van der Waals surface area contributed by atoms with Crippen molar-refractivity contribution in [2.24, 2.45) is 5.73 Å². The third-order valence-electron chi connectivity index (χ3n) is 4.03. The second kappa shape index (κ2) is 6.18. The quantitative estimate of drug-likeness (QED) is 0.928. The topological polar surface area (TPSA) is 64.9 Å². The molecule has 1 aromatic carbocycles. The van der Waals surface area contributed by atoms with E-state index in [1.165, 1.54) is 5.56 Å². The minimum Gasteiger partial charge on any atom is -0.339 e. The zero-order chi connectivity index (χ0) is 13.8. The van der Waals surface area contributed by atoms with Crippen LogP contribution in [0, 0.1) is 0 Å². The van der Waals surface area contributed by atoms with Crippen molar-refractivity contribution in [2.75, 3.05) is 0 Å². The van der Waals surface area contributed by atoms with Crippen LogP contribution >= 0.6 is 0 Å². The van der Waals surface area contributed by atoms with Gasteiger partial charge in [-0.1, -0.05) is 41.9 Å². The Bertz CT molecular complexity index is 538. The van der Waals surface area contributed by atoms with E-state index in [0.29, 0.717) is 5.92 Å². The summed E-state index contributed by atoms with van der Waals surface area (Å²) in [6.07, 6.45) is 6.14. The van der Waals surface area contributed by atoms with E-state index >= 15 is 0 Å². The molecule has 0 saturated heterocycles. The first-order valence-electron chi connectivity index (χ1n) is 7.43. The van der Waals surface area contributed by atoms with Gasteiger partial charge in [-0.05, 0) is 31.2 Å². The fourth-order valence-corrected chi connectivity index (χ4v) is 2.89. The molecule has 0 amide bonds. The van der Waals surface area contributed by atoms with Gasteiger partial charge in [-0.3, -0.25) is 0 Å². The highest BCUT2D eigenvalue weighted by molar-refractivity contribution is 5.15. The Morgan fingerprint density at radius 2 is 2.00 bits per heavy atom. The number of aromatic nitrogens is 2. The lowest BCUT2D eigenvalue weighted by Gasteiger charge is -2.23. The van der Waals surface area contributed by atoms with E-state index in [0.717, 1.165) is 50.2 Å². The summed E-state index contributed by atoms with van der Waals surface area (Å²) < 4.78 is 5.42. The Hall–Kier alpha value is -1.68. The summed E-state index contributed by atoms with van der Waals surface area (Å²) in [4.78, 5) is 4.55. The van der Waals surface area contributed by atoms with Crippen molar-refractivity contribution in [3.05, 3.63) is 47.6 Å². The number of benzene rings is 1. The predicted molar refractivity (Wildman–Crippen MR) is 77.3 cm³/mol. The highest BCUT2D eigenvalue weighted by Crippen LogP contribution is 2.31. The fraction of sp³-hybridized carbons (Fsp3) is 0.500. The molecule has 2 aromatic rings. The van der Waals surface area contributed by atoms with Gasteiger partial charge in [-0.15, -0.1) is 0 Å². The molecule has 1 aliphatic carbocycles. The SMILES string of the molecule is NC1CCCC(c2nc(CCc3ccccc3)no2)C1. The van der Waals surface area contributed by atoms with Gasteiger partial charge in [0.25, 0.3) is 0 Å². The zero-order valence-electron chi connectivity index (χ0n) is 11.7. The minimum atomic E-state index is 0.286. The molecule has 106 valence electrons. The number of nitrogens with two attached hydrogens (primary N) is 1. The molecular formula is C16H21N3O. The van der Waals surface area contributed by atoms with Gasteiger partial charge < -0.3 is 10.3 Å². The second-order valence-electron chi connectivity index (χ2n) is 5.66. The van der Waals surface area contributed by atoms with Crippen LogP contribution in [0.4, 0.5) is 0 Å². The van der Waals surface area contributed by atoms with Crippen molar-refractivity contribution in [3.63, 3.8) is 0 Å². The Morgan fingerprint density at radius 1 is 1.15 bits per heavy atom. The Kier molecular flexibility index (Phi) is 4.11. The number of aryl methyl sites for hydroxylation is 2. The minimum absolute atomic E-state index is 0.286. The molecule has 20 heavy (non-hydrogen) atoms. The van der Waals surface area contributed by atoms with Crippen LogP contribution in [0.2, 0.25) is 0 Å². The largest absolute Gasteiger partial charge is 0.339 e. The predicted octanol–water partition coefficient (Wildman–Crippen LogP) is 2.84. The maximum Gasteiger partial charge on any atom is 0.229 e. The zero-order valence-corrected chi connectivity index (χ0v) is 11.7. The average molecular weight is 271 g/mol. The van der Waals surface area contributed by atoms with E-state index in [2.05, 4.69) is 34.4 Å². The summed E-state index contributed by atoms with van der Waals surface area (Å²) >= 11 is 0. The molecule has 2 unspecified atom stereocenters. The molecule has 4 nitrogen and oxygen atoms in total. The summed E-state index contributed by atoms with van der Waals surface area (Å²) in [6, 6.07) is 10.7. The molecule has 4 heteroatoms. The molecule has 3 rings (SSSR count). The van der Waals surface area contributed by atoms with Gasteiger partial charge in [0.2, 0.25) is 5.89 Å². The van der Waals surface area contributed by atoms with Crippen molar-refractivity contribution in [2.45, 2.75) is 50.5 Å². The summed E-state index contributed by atoms with van der Waals surface area (Å²) in [6.45, 7) is 0. The lowest BCUT2D eigenvalue weighted by molar-refractivity contribution is 0.297. The third kappa shape index (κ3) is 3.25. The fourth-order valence-electron chi connectivity index (χ4n) is 2.89. The van der Waals surface area contributed by atoms with E-state index in [9.17, 15) is 0 Å². The van der Waals surface area contributed by atoms with Gasteiger partial charge in [0.15, 0.2) is 5.82 Å². The van der Waals surface area contributed by atoms with Gasteiger partial charge in [-0.25, -0.2) is 0 Å². The van der Waals surface area contributed by atoms with Gasteiger partial charge >= 0.3 is 0 Å². The van der Waals surface area contributed by atoms with Gasteiger partial charge in [-0.2, -0.15) is 4.98 Å². The average Bonchev–Trinajstić information content (AvgIpc) is 2.95. The van der Waals surface area contributed by atoms with Crippen molar-refractivity contribution in [1.29, 1.82) is 0 Å². The van der Waals surface area contributed by atoms with Crippen LogP contribution in [0.15, 0.2) is 34.9 Å². The highest BCUT2D eigenvalue weighted by atomic mass is 16.5. The van der Waals surface area contributed by atoms with Crippen LogP contribution in [-0.4, -0.2) is 16.2 Å². The number of nitrogens with zero attached hydrogens (tertiary/aromatic N) is 2. The van der Waals surface area contributed by atoms with Gasteiger partial charge in [0.1, 0.15) is 0 Å². The Labute approximate surface area is 119 Å². The molecule has 0 spiro atoms. The van der Waals surface area contributed by atoms with Crippen molar-refractivity contribution >= 4 is 0 Å². The number of rotatable bonds is 4. The summed E-state index contributed by atoms with van der Waals surface area (Å²) in [5.74, 6) is 1.95. The lowest BCUT2D eigenvalue weighted by Crippen LogP contribution is -2.26. The highest BCUT2D eigenvalue weighted by Gasteiger charge is 2.25. The van der Waals surface area contributed by atoms with Crippen LogP contribution in [0.3, 0.4) is 0 Å². The van der Waals surface area contributed by atoms with Crippen molar-refractivity contribution in [1.82, 2.24) is 10.1 Å². The molecule has 0 radical (unpaired) electrons. The van der Waals surface area contributed by atoms with Gasteiger partial charge in [0, 0.05) is 18.4 Å². The first-order valence-corrected chi connectivity index (χ1v) is 7.43. The Morgan fingerprint density at radius 3 is 2.80 bits per heavy atom. The molecule has 1 fully saturated rings. The van der Waals surface area contributed by atoms with Crippen LogP contribution in [-0.2, 0) is 12.8 Å². The maximum atomic E-state index is 6.01. The van der Waals surface area contributed by atoms with E-state index in [-0.39, 0.29) is 6.04 Å². The molecule has 1 aromatic heterocycles. The molecule has 0 bridgehead atoms. The third-order valence-corrected chi connectivity index (χ3v) is 4.03. The lowest BCUT2D eigenvalue weighted by atomic mass is 9.86. The number of hydrogen-bond donors (Lipinski definition) is 1. The molecule has 1 heterocycles. The van der Waals surface area contributed by atoms with Crippen LogP contribution in [0.5, 0.6) is 0 Å². The molecular weight excluding hydrogens is 250 g/mol.